The van der Waals surface area contributed by atoms with E-state index in [0.29, 0.717) is 23.8 Å². The Labute approximate surface area is 126 Å². The topological polar surface area (TPSA) is 20.2 Å². The first kappa shape index (κ1) is 15.8. The van der Waals surface area contributed by atoms with Gasteiger partial charge in [-0.3, -0.25) is 0 Å². The Hall–Kier alpha value is -0.600. The van der Waals surface area contributed by atoms with Gasteiger partial charge in [0.1, 0.15) is 5.82 Å². The quantitative estimate of drug-likeness (QED) is 0.846. The summed E-state index contributed by atoms with van der Waals surface area (Å²) in [6.07, 6.45) is 3.39. The Kier molecular flexibility index (Phi) is 4.76. The maximum Gasteiger partial charge on any atom is 0.142 e. The molecule has 1 aromatic rings. The summed E-state index contributed by atoms with van der Waals surface area (Å²) < 4.78 is 13.6. The number of aliphatic hydroxyl groups is 1. The van der Waals surface area contributed by atoms with Gasteiger partial charge in [0.25, 0.3) is 0 Å². The second-order valence-electron chi connectivity index (χ2n) is 6.73. The SMILES string of the molecule is CC1CCC(C(C)C)C(O)(Cc2cccc(F)c2Cl)C1. The zero-order valence-corrected chi connectivity index (χ0v) is 13.3. The fourth-order valence-electron chi connectivity index (χ4n) is 3.76. The van der Waals surface area contributed by atoms with Crippen LogP contribution in [0, 0.1) is 23.6 Å². The highest BCUT2D eigenvalue weighted by molar-refractivity contribution is 6.31. The third-order valence-corrected chi connectivity index (χ3v) is 5.12. The average Bonchev–Trinajstić information content (AvgIpc) is 2.34. The molecule has 0 amide bonds. The van der Waals surface area contributed by atoms with E-state index in [2.05, 4.69) is 20.8 Å². The lowest BCUT2D eigenvalue weighted by molar-refractivity contribution is -0.0795. The van der Waals surface area contributed by atoms with E-state index in [0.717, 1.165) is 19.3 Å². The molecular formula is C17H24ClFO. The summed E-state index contributed by atoms with van der Waals surface area (Å²) in [5, 5.41) is 11.3. The van der Waals surface area contributed by atoms with E-state index in [4.69, 9.17) is 11.6 Å². The number of rotatable bonds is 3. The summed E-state index contributed by atoms with van der Waals surface area (Å²) in [6, 6.07) is 4.84. The second kappa shape index (κ2) is 6.03. The van der Waals surface area contributed by atoms with Crippen LogP contribution in [0.5, 0.6) is 0 Å². The Bertz CT molecular complexity index is 474. The zero-order valence-electron chi connectivity index (χ0n) is 12.5. The van der Waals surface area contributed by atoms with Crippen LogP contribution in [0.25, 0.3) is 0 Å². The molecule has 3 unspecified atom stereocenters. The summed E-state index contributed by atoms with van der Waals surface area (Å²) >= 11 is 6.05. The number of hydrogen-bond donors (Lipinski definition) is 1. The molecule has 1 aliphatic rings. The van der Waals surface area contributed by atoms with E-state index in [9.17, 15) is 9.50 Å². The first-order valence-electron chi connectivity index (χ1n) is 7.49. The highest BCUT2D eigenvalue weighted by Gasteiger charge is 2.43. The van der Waals surface area contributed by atoms with Gasteiger partial charge in [0.2, 0.25) is 0 Å². The molecule has 0 heterocycles. The highest BCUT2D eigenvalue weighted by atomic mass is 35.5. The molecule has 3 heteroatoms. The van der Waals surface area contributed by atoms with Crippen LogP contribution in [0.4, 0.5) is 4.39 Å². The average molecular weight is 299 g/mol. The molecule has 0 radical (unpaired) electrons. The number of benzene rings is 1. The van der Waals surface area contributed by atoms with Crippen LogP contribution in [0.15, 0.2) is 18.2 Å². The van der Waals surface area contributed by atoms with Crippen LogP contribution >= 0.6 is 11.6 Å². The molecular weight excluding hydrogens is 275 g/mol. The lowest BCUT2D eigenvalue weighted by Gasteiger charge is -2.45. The van der Waals surface area contributed by atoms with Crippen molar-refractivity contribution >= 4 is 11.6 Å². The standard InChI is InChI=1S/C17H24ClFO/c1-11(2)14-8-7-12(3)9-17(14,20)10-13-5-4-6-15(19)16(13)18/h4-6,11-12,14,20H,7-10H2,1-3H3. The molecule has 1 fully saturated rings. The molecule has 0 saturated heterocycles. The molecule has 1 aromatic carbocycles. The van der Waals surface area contributed by atoms with Crippen molar-refractivity contribution in [3.8, 4) is 0 Å². The minimum Gasteiger partial charge on any atom is -0.389 e. The fourth-order valence-corrected chi connectivity index (χ4v) is 3.95. The van der Waals surface area contributed by atoms with Gasteiger partial charge in [0.15, 0.2) is 0 Å². The molecule has 1 saturated carbocycles. The predicted octanol–water partition coefficient (Wildman–Crippen LogP) is 4.84. The molecule has 3 atom stereocenters. The first-order chi connectivity index (χ1) is 9.33. The van der Waals surface area contributed by atoms with Crippen LogP contribution in [-0.4, -0.2) is 10.7 Å². The van der Waals surface area contributed by atoms with Gasteiger partial charge in [-0.2, -0.15) is 0 Å². The smallest absolute Gasteiger partial charge is 0.142 e. The van der Waals surface area contributed by atoms with Crippen LogP contribution in [0.2, 0.25) is 5.02 Å². The van der Waals surface area contributed by atoms with Crippen LogP contribution in [0.3, 0.4) is 0 Å². The Balaban J connectivity index is 2.29. The zero-order chi connectivity index (χ0) is 14.9. The highest BCUT2D eigenvalue weighted by Crippen LogP contribution is 2.43. The van der Waals surface area contributed by atoms with Gasteiger partial charge in [-0.15, -0.1) is 0 Å². The van der Waals surface area contributed by atoms with Crippen LogP contribution < -0.4 is 0 Å². The van der Waals surface area contributed by atoms with Gasteiger partial charge < -0.3 is 5.11 Å². The molecule has 1 nitrogen and oxygen atoms in total. The van der Waals surface area contributed by atoms with E-state index in [1.807, 2.05) is 6.07 Å². The van der Waals surface area contributed by atoms with Crippen LogP contribution in [0.1, 0.15) is 45.6 Å². The van der Waals surface area contributed by atoms with Crippen molar-refractivity contribution in [2.45, 2.75) is 52.1 Å². The molecule has 1 aliphatic carbocycles. The van der Waals surface area contributed by atoms with Crippen LogP contribution in [-0.2, 0) is 6.42 Å². The van der Waals surface area contributed by atoms with Crippen molar-refractivity contribution in [1.82, 2.24) is 0 Å². The summed E-state index contributed by atoms with van der Waals surface area (Å²) in [5.74, 6) is 0.762. The van der Waals surface area contributed by atoms with Crippen molar-refractivity contribution in [2.24, 2.45) is 17.8 Å². The fraction of sp³-hybridized carbons (Fsp3) is 0.647. The number of hydrogen-bond acceptors (Lipinski definition) is 1. The third-order valence-electron chi connectivity index (χ3n) is 4.70. The minimum atomic E-state index is -0.775. The van der Waals surface area contributed by atoms with Crippen molar-refractivity contribution in [1.29, 1.82) is 0 Å². The summed E-state index contributed by atoms with van der Waals surface area (Å²) in [5.41, 5.74) is -0.0579. The van der Waals surface area contributed by atoms with Gasteiger partial charge in [0, 0.05) is 6.42 Å². The largest absolute Gasteiger partial charge is 0.389 e. The molecule has 0 aromatic heterocycles. The number of halogens is 2. The summed E-state index contributed by atoms with van der Waals surface area (Å²) in [4.78, 5) is 0. The van der Waals surface area contributed by atoms with E-state index in [1.54, 1.807) is 6.07 Å². The molecule has 0 aliphatic heterocycles. The van der Waals surface area contributed by atoms with Crippen molar-refractivity contribution < 1.29 is 9.50 Å². The third kappa shape index (κ3) is 3.17. The maximum atomic E-state index is 13.6. The summed E-state index contributed by atoms with van der Waals surface area (Å²) in [7, 11) is 0. The molecule has 0 spiro atoms. The second-order valence-corrected chi connectivity index (χ2v) is 7.11. The lowest BCUT2D eigenvalue weighted by atomic mass is 9.65. The van der Waals surface area contributed by atoms with Crippen molar-refractivity contribution in [3.05, 3.63) is 34.6 Å². The van der Waals surface area contributed by atoms with Gasteiger partial charge in [-0.05, 0) is 42.2 Å². The first-order valence-corrected chi connectivity index (χ1v) is 7.86. The molecule has 20 heavy (non-hydrogen) atoms. The van der Waals surface area contributed by atoms with E-state index >= 15 is 0 Å². The van der Waals surface area contributed by atoms with Gasteiger partial charge in [-0.1, -0.05) is 50.9 Å². The normalized spacial score (nSPS) is 30.8. The molecule has 0 bridgehead atoms. The van der Waals surface area contributed by atoms with Crippen molar-refractivity contribution in [3.63, 3.8) is 0 Å². The Morgan fingerprint density at radius 1 is 1.40 bits per heavy atom. The van der Waals surface area contributed by atoms with Gasteiger partial charge in [0.05, 0.1) is 10.6 Å². The lowest BCUT2D eigenvalue weighted by Crippen LogP contribution is -2.47. The summed E-state index contributed by atoms with van der Waals surface area (Å²) in [6.45, 7) is 6.48. The van der Waals surface area contributed by atoms with Crippen molar-refractivity contribution in [2.75, 3.05) is 0 Å². The van der Waals surface area contributed by atoms with Gasteiger partial charge >= 0.3 is 0 Å². The molecule has 112 valence electrons. The van der Waals surface area contributed by atoms with Gasteiger partial charge in [-0.25, -0.2) is 4.39 Å². The van der Waals surface area contributed by atoms with E-state index in [-0.39, 0.29) is 10.9 Å². The minimum absolute atomic E-state index is 0.154. The van der Waals surface area contributed by atoms with E-state index < -0.39 is 11.4 Å². The Morgan fingerprint density at radius 2 is 2.10 bits per heavy atom. The van der Waals surface area contributed by atoms with E-state index in [1.165, 1.54) is 6.07 Å². The molecule has 1 N–H and O–H groups in total. The molecule has 2 rings (SSSR count). The predicted molar refractivity (Wildman–Crippen MR) is 81.4 cm³/mol. The maximum absolute atomic E-state index is 13.6. The monoisotopic (exact) mass is 298 g/mol. The Morgan fingerprint density at radius 3 is 2.75 bits per heavy atom.